The Morgan fingerprint density at radius 2 is 1.72 bits per heavy atom. The van der Waals surface area contributed by atoms with E-state index in [-0.39, 0.29) is 85.2 Å². The smallest absolute Gasteiger partial charge is 0.416 e. The Morgan fingerprint density at radius 3 is 2.40 bits per heavy atom. The minimum Gasteiger partial charge on any atom is -0.444 e. The number of nitrogens with one attached hydrogen (secondary N) is 4. The average Bonchev–Trinajstić information content (AvgIpc) is 3.50. The van der Waals surface area contributed by atoms with E-state index >= 15 is 0 Å². The van der Waals surface area contributed by atoms with Gasteiger partial charge in [-0.05, 0) is 111 Å². The van der Waals surface area contributed by atoms with Crippen LogP contribution in [0.25, 0.3) is 10.9 Å². The van der Waals surface area contributed by atoms with Crippen LogP contribution in [0.1, 0.15) is 98.0 Å². The highest BCUT2D eigenvalue weighted by Crippen LogP contribution is 2.35. The first kappa shape index (κ1) is 43.9. The number of aromatic nitrogens is 2. The van der Waals surface area contributed by atoms with Gasteiger partial charge < -0.3 is 40.5 Å². The molecule has 57 heavy (non-hydrogen) atoms. The third kappa shape index (κ3) is 12.1. The van der Waals surface area contributed by atoms with Crippen LogP contribution < -0.4 is 21.3 Å². The van der Waals surface area contributed by atoms with E-state index in [2.05, 4.69) is 57.0 Å². The van der Waals surface area contributed by atoms with Crippen molar-refractivity contribution >= 4 is 40.5 Å². The fourth-order valence-corrected chi connectivity index (χ4v) is 8.04. The molecule has 1 saturated heterocycles. The molecule has 4 N–H and O–H groups in total. The SMILES string of the molecule is CC(C)N(C)[C@@H]1CC[C@H](N2CC[C@H](Nc3ncnc4ccc(C(F)(F)F)cc34)C2=O)[C@H](NC(=O)C2CCC(NC(=O)CCOCCNC(=O)OC(C)(C)C)CC2)C1. The summed E-state index contributed by atoms with van der Waals surface area (Å²) in [4.78, 5) is 64.6. The van der Waals surface area contributed by atoms with Crippen molar-refractivity contribution in [2.75, 3.05) is 38.7 Å². The summed E-state index contributed by atoms with van der Waals surface area (Å²) in [5.41, 5.74) is -1.07. The van der Waals surface area contributed by atoms with Gasteiger partial charge in [0.15, 0.2) is 0 Å². The van der Waals surface area contributed by atoms with Gasteiger partial charge in [-0.25, -0.2) is 14.8 Å². The van der Waals surface area contributed by atoms with Gasteiger partial charge in [-0.15, -0.1) is 0 Å². The number of alkyl carbamates (subject to hydrolysis) is 1. The van der Waals surface area contributed by atoms with Gasteiger partial charge in [0.05, 0.1) is 36.4 Å². The number of fused-ring (bicyclic) bond motifs is 1. The number of hydrogen-bond donors (Lipinski definition) is 4. The number of carbonyl (C=O) groups excluding carboxylic acids is 4. The lowest BCUT2D eigenvalue weighted by molar-refractivity contribution is -0.137. The number of nitrogens with zero attached hydrogens (tertiary/aromatic N) is 4. The maximum Gasteiger partial charge on any atom is 0.416 e. The second-order valence-electron chi connectivity index (χ2n) is 16.8. The molecule has 1 aromatic heterocycles. The summed E-state index contributed by atoms with van der Waals surface area (Å²) >= 11 is 0. The molecule has 2 heterocycles. The molecule has 316 valence electrons. The molecule has 0 radical (unpaired) electrons. The summed E-state index contributed by atoms with van der Waals surface area (Å²) in [5.74, 6) is -0.407. The lowest BCUT2D eigenvalue weighted by Gasteiger charge is -2.45. The number of alkyl halides is 3. The van der Waals surface area contributed by atoms with Crippen LogP contribution in [0.15, 0.2) is 24.5 Å². The van der Waals surface area contributed by atoms with Crippen LogP contribution in [0.3, 0.4) is 0 Å². The summed E-state index contributed by atoms with van der Waals surface area (Å²) in [6.07, 6.45) is 1.60. The fraction of sp³-hybridized carbons (Fsp3) is 0.700. The van der Waals surface area contributed by atoms with E-state index in [9.17, 15) is 32.3 Å². The zero-order valence-corrected chi connectivity index (χ0v) is 33.9. The van der Waals surface area contributed by atoms with E-state index in [1.807, 2.05) is 4.90 Å². The second-order valence-corrected chi connectivity index (χ2v) is 16.8. The Labute approximate surface area is 332 Å². The largest absolute Gasteiger partial charge is 0.444 e. The number of hydrogen-bond acceptors (Lipinski definition) is 10. The van der Waals surface area contributed by atoms with Crippen molar-refractivity contribution < 1.29 is 41.8 Å². The van der Waals surface area contributed by atoms with Gasteiger partial charge >= 0.3 is 12.3 Å². The Morgan fingerprint density at radius 1 is 0.982 bits per heavy atom. The van der Waals surface area contributed by atoms with Gasteiger partial charge in [0, 0.05) is 48.9 Å². The first-order valence-corrected chi connectivity index (χ1v) is 20.1. The topological polar surface area (TPSA) is 167 Å². The van der Waals surface area contributed by atoms with Crippen molar-refractivity contribution in [2.45, 2.75) is 140 Å². The molecule has 14 nitrogen and oxygen atoms in total. The molecule has 0 bridgehead atoms. The van der Waals surface area contributed by atoms with E-state index in [0.29, 0.717) is 63.0 Å². The third-order valence-corrected chi connectivity index (χ3v) is 11.3. The molecule has 0 spiro atoms. The summed E-state index contributed by atoms with van der Waals surface area (Å²) in [6.45, 7) is 10.8. The number of carbonyl (C=O) groups is 4. The minimum absolute atomic E-state index is 0.0411. The predicted molar refractivity (Wildman–Crippen MR) is 208 cm³/mol. The van der Waals surface area contributed by atoms with Gasteiger partial charge in [0.25, 0.3) is 0 Å². The van der Waals surface area contributed by atoms with Crippen molar-refractivity contribution in [3.05, 3.63) is 30.1 Å². The maximum absolute atomic E-state index is 14.0. The van der Waals surface area contributed by atoms with Crippen LogP contribution in [0.2, 0.25) is 0 Å². The molecule has 3 fully saturated rings. The minimum atomic E-state index is -4.54. The summed E-state index contributed by atoms with van der Waals surface area (Å²) in [6, 6.07) is 2.53. The van der Waals surface area contributed by atoms with Crippen molar-refractivity contribution in [3.8, 4) is 0 Å². The Balaban J connectivity index is 1.13. The first-order valence-electron chi connectivity index (χ1n) is 20.1. The predicted octanol–water partition coefficient (Wildman–Crippen LogP) is 5.01. The van der Waals surface area contributed by atoms with E-state index < -0.39 is 29.5 Å². The van der Waals surface area contributed by atoms with E-state index in [1.54, 1.807) is 20.8 Å². The number of ether oxygens (including phenoxy) is 2. The van der Waals surface area contributed by atoms with E-state index in [4.69, 9.17) is 9.47 Å². The van der Waals surface area contributed by atoms with Crippen molar-refractivity contribution in [3.63, 3.8) is 0 Å². The van der Waals surface area contributed by atoms with Crippen molar-refractivity contribution in [1.29, 1.82) is 0 Å². The van der Waals surface area contributed by atoms with Crippen molar-refractivity contribution in [1.82, 2.24) is 35.7 Å². The van der Waals surface area contributed by atoms with Crippen LogP contribution in [0.4, 0.5) is 23.8 Å². The van der Waals surface area contributed by atoms with Gasteiger partial charge in [0.2, 0.25) is 17.7 Å². The quantitative estimate of drug-likeness (QED) is 0.191. The Hall–Kier alpha value is -4.25. The summed E-state index contributed by atoms with van der Waals surface area (Å²) < 4.78 is 51.3. The van der Waals surface area contributed by atoms with Crippen molar-refractivity contribution in [2.24, 2.45) is 5.92 Å². The summed E-state index contributed by atoms with van der Waals surface area (Å²) in [7, 11) is 2.08. The molecule has 1 aromatic carbocycles. The van der Waals surface area contributed by atoms with Gasteiger partial charge in [-0.3, -0.25) is 14.4 Å². The molecule has 5 rings (SSSR count). The van der Waals surface area contributed by atoms with Crippen LogP contribution >= 0.6 is 0 Å². The van der Waals surface area contributed by atoms with E-state index in [0.717, 1.165) is 18.6 Å². The van der Waals surface area contributed by atoms with Gasteiger partial charge in [0.1, 0.15) is 23.8 Å². The molecule has 3 aliphatic rings. The zero-order valence-electron chi connectivity index (χ0n) is 33.9. The molecule has 2 aromatic rings. The molecule has 17 heteroatoms. The number of rotatable bonds is 14. The molecule has 4 amide bonds. The molecule has 2 aliphatic carbocycles. The van der Waals surface area contributed by atoms with Crippen LogP contribution in [-0.2, 0) is 30.0 Å². The molecule has 4 atom stereocenters. The Bertz CT molecular complexity index is 1710. The number of amides is 4. The number of benzene rings is 1. The zero-order chi connectivity index (χ0) is 41.5. The number of halogens is 3. The van der Waals surface area contributed by atoms with Crippen LogP contribution in [0.5, 0.6) is 0 Å². The Kier molecular flexibility index (Phi) is 14.6. The summed E-state index contributed by atoms with van der Waals surface area (Å²) in [5, 5.41) is 12.3. The number of anilines is 1. The third-order valence-electron chi connectivity index (χ3n) is 11.3. The van der Waals surface area contributed by atoms with Gasteiger partial charge in [-0.2, -0.15) is 13.2 Å². The van der Waals surface area contributed by atoms with Crippen LogP contribution in [-0.4, -0.2) is 119 Å². The standard InChI is InChI=1S/C40H59F3N8O6/c1-24(2)50(6)28-12-14-33(51-18-15-31(37(51)54)48-35-29-21-26(40(41,42)43)9-13-30(29)45-23-46-35)32(22-28)49-36(53)25-7-10-27(11-8-25)47-34(52)16-19-56-20-17-44-38(55)57-39(3,4)5/h9,13,21,23-25,27-28,31-33H,7-8,10-12,14-20,22H2,1-6H3,(H,44,55)(H,47,52)(H,49,53)(H,45,46,48)/t25?,27?,28-,31+,32-,33+/m1/s1. The molecule has 2 saturated carbocycles. The van der Waals surface area contributed by atoms with Crippen LogP contribution in [0, 0.1) is 5.92 Å². The number of likely N-dealkylation sites (tertiary alicyclic amines) is 1. The lowest BCUT2D eigenvalue weighted by Crippen LogP contribution is -2.59. The fourth-order valence-electron chi connectivity index (χ4n) is 8.04. The van der Waals surface area contributed by atoms with Gasteiger partial charge in [-0.1, -0.05) is 0 Å². The maximum atomic E-state index is 14.0. The molecular weight excluding hydrogens is 745 g/mol. The lowest BCUT2D eigenvalue weighted by atomic mass is 9.82. The average molecular weight is 805 g/mol. The first-order chi connectivity index (χ1) is 26.9. The monoisotopic (exact) mass is 804 g/mol. The molecule has 1 aliphatic heterocycles. The molecule has 0 unspecified atom stereocenters. The highest BCUT2D eigenvalue weighted by atomic mass is 19.4. The normalized spacial score (nSPS) is 24.5. The highest BCUT2D eigenvalue weighted by molar-refractivity contribution is 5.93. The molecular formula is C40H59F3N8O6. The van der Waals surface area contributed by atoms with E-state index in [1.165, 1.54) is 12.4 Å². The highest BCUT2D eigenvalue weighted by Gasteiger charge is 2.44. The second kappa shape index (κ2) is 19.0.